The van der Waals surface area contributed by atoms with Gasteiger partial charge in [-0.2, -0.15) is 5.10 Å². The van der Waals surface area contributed by atoms with Gasteiger partial charge in [0.2, 0.25) is 0 Å². The molecule has 1 aliphatic rings. The molecule has 4 heteroatoms. The molecule has 1 saturated carbocycles. The predicted molar refractivity (Wildman–Crippen MR) is 63.0 cm³/mol. The van der Waals surface area contributed by atoms with Crippen LogP contribution in [0.2, 0.25) is 0 Å². The van der Waals surface area contributed by atoms with Crippen LogP contribution in [-0.2, 0) is 7.05 Å². The van der Waals surface area contributed by atoms with Gasteiger partial charge in [0, 0.05) is 25.8 Å². The molecule has 90 valence electrons. The summed E-state index contributed by atoms with van der Waals surface area (Å²) in [7, 11) is 1.94. The van der Waals surface area contributed by atoms with Crippen LogP contribution in [-0.4, -0.2) is 27.0 Å². The smallest absolute Gasteiger partial charge is 0.0771 e. The first kappa shape index (κ1) is 11.6. The lowest BCUT2D eigenvalue weighted by Gasteiger charge is -2.25. The summed E-state index contributed by atoms with van der Waals surface area (Å²) in [5.41, 5.74) is 0.675. The monoisotopic (exact) mass is 223 g/mol. The molecule has 0 amide bonds. The maximum Gasteiger partial charge on any atom is 0.0771 e. The Balaban J connectivity index is 1.88. The van der Waals surface area contributed by atoms with Crippen molar-refractivity contribution in [2.45, 2.75) is 44.2 Å². The van der Waals surface area contributed by atoms with E-state index in [1.165, 1.54) is 0 Å². The van der Waals surface area contributed by atoms with Gasteiger partial charge in [-0.3, -0.25) is 4.68 Å². The van der Waals surface area contributed by atoms with Crippen molar-refractivity contribution in [1.82, 2.24) is 15.1 Å². The molecule has 4 nitrogen and oxygen atoms in total. The highest BCUT2D eigenvalue weighted by atomic mass is 16.3. The fourth-order valence-corrected chi connectivity index (χ4v) is 2.47. The largest absolute Gasteiger partial charge is 0.389 e. The molecule has 2 N–H and O–H groups in total. The van der Waals surface area contributed by atoms with E-state index in [-0.39, 0.29) is 6.04 Å². The molecule has 0 saturated heterocycles. The van der Waals surface area contributed by atoms with Crippen molar-refractivity contribution in [3.05, 3.63) is 18.0 Å². The van der Waals surface area contributed by atoms with Crippen LogP contribution >= 0.6 is 0 Å². The Labute approximate surface area is 96.7 Å². The van der Waals surface area contributed by atoms with Crippen LogP contribution in [0, 0.1) is 0 Å². The lowest BCUT2D eigenvalue weighted by Crippen LogP contribution is -2.39. The Morgan fingerprint density at radius 1 is 1.56 bits per heavy atom. The van der Waals surface area contributed by atoms with E-state index >= 15 is 0 Å². The molecule has 1 aromatic heterocycles. The van der Waals surface area contributed by atoms with Gasteiger partial charge in [-0.1, -0.05) is 12.8 Å². The first-order chi connectivity index (χ1) is 7.61. The number of hydrogen-bond acceptors (Lipinski definition) is 3. The molecule has 2 rings (SSSR count). The van der Waals surface area contributed by atoms with Crippen LogP contribution in [0.1, 0.15) is 44.3 Å². The Morgan fingerprint density at radius 2 is 2.25 bits per heavy atom. The number of nitrogens with one attached hydrogen (secondary N) is 1. The van der Waals surface area contributed by atoms with Crippen molar-refractivity contribution >= 4 is 0 Å². The molecule has 16 heavy (non-hydrogen) atoms. The molecule has 1 aliphatic carbocycles. The summed E-state index contributed by atoms with van der Waals surface area (Å²) in [4.78, 5) is 0. The third-order valence-corrected chi connectivity index (χ3v) is 3.57. The molecule has 0 bridgehead atoms. The van der Waals surface area contributed by atoms with Gasteiger partial charge in [-0.25, -0.2) is 0 Å². The fourth-order valence-electron chi connectivity index (χ4n) is 2.47. The number of rotatable bonds is 4. The van der Waals surface area contributed by atoms with Gasteiger partial charge >= 0.3 is 0 Å². The first-order valence-electron chi connectivity index (χ1n) is 6.04. The quantitative estimate of drug-likeness (QED) is 0.810. The molecular formula is C12H21N3O. The number of aromatic nitrogens is 2. The maximum atomic E-state index is 10.2. The van der Waals surface area contributed by atoms with E-state index in [0.717, 1.165) is 31.4 Å². The van der Waals surface area contributed by atoms with Crippen molar-refractivity contribution in [1.29, 1.82) is 0 Å². The number of hydrogen-bond donors (Lipinski definition) is 2. The Hall–Kier alpha value is -0.870. The molecule has 1 aromatic rings. The normalized spacial score (nSPS) is 21.2. The van der Waals surface area contributed by atoms with Crippen LogP contribution in [0.3, 0.4) is 0 Å². The zero-order chi connectivity index (χ0) is 11.6. The van der Waals surface area contributed by atoms with Gasteiger partial charge in [0.25, 0.3) is 0 Å². The van der Waals surface area contributed by atoms with E-state index in [9.17, 15) is 5.11 Å². The minimum Gasteiger partial charge on any atom is -0.389 e. The maximum absolute atomic E-state index is 10.2. The summed E-state index contributed by atoms with van der Waals surface area (Å²) in [5.74, 6) is 0. The van der Waals surface area contributed by atoms with E-state index < -0.39 is 5.60 Å². The second kappa shape index (κ2) is 4.55. The predicted octanol–water partition coefficient (Wildman–Crippen LogP) is 1.38. The highest BCUT2D eigenvalue weighted by Crippen LogP contribution is 2.29. The van der Waals surface area contributed by atoms with E-state index in [4.69, 9.17) is 0 Å². The molecular weight excluding hydrogens is 202 g/mol. The topological polar surface area (TPSA) is 50.1 Å². The lowest BCUT2D eigenvalue weighted by molar-refractivity contribution is 0.0451. The van der Waals surface area contributed by atoms with Crippen LogP contribution < -0.4 is 5.32 Å². The van der Waals surface area contributed by atoms with Gasteiger partial charge < -0.3 is 10.4 Å². The average molecular weight is 223 g/mol. The van der Waals surface area contributed by atoms with E-state index in [1.54, 1.807) is 6.20 Å². The highest BCUT2D eigenvalue weighted by Gasteiger charge is 2.31. The Kier molecular flexibility index (Phi) is 3.30. The number of nitrogens with zero attached hydrogens (tertiary/aromatic N) is 2. The lowest BCUT2D eigenvalue weighted by atomic mass is 10.0. The summed E-state index contributed by atoms with van der Waals surface area (Å²) in [6, 6.07) is 2.24. The third-order valence-electron chi connectivity index (χ3n) is 3.57. The van der Waals surface area contributed by atoms with Crippen LogP contribution in [0.25, 0.3) is 0 Å². The van der Waals surface area contributed by atoms with Gasteiger partial charge in [0.15, 0.2) is 0 Å². The van der Waals surface area contributed by atoms with E-state index in [1.807, 2.05) is 17.8 Å². The summed E-state index contributed by atoms with van der Waals surface area (Å²) in [6.07, 6.45) is 5.96. The molecule has 0 radical (unpaired) electrons. The minimum atomic E-state index is -0.479. The Bertz CT molecular complexity index is 342. The molecule has 1 heterocycles. The molecule has 1 unspecified atom stereocenters. The molecule has 0 aromatic carbocycles. The molecule has 1 fully saturated rings. The zero-order valence-corrected chi connectivity index (χ0v) is 10.1. The van der Waals surface area contributed by atoms with Crippen molar-refractivity contribution in [3.8, 4) is 0 Å². The van der Waals surface area contributed by atoms with Crippen molar-refractivity contribution in [2.75, 3.05) is 6.54 Å². The minimum absolute atomic E-state index is 0.233. The van der Waals surface area contributed by atoms with Gasteiger partial charge in [-0.05, 0) is 25.8 Å². The highest BCUT2D eigenvalue weighted by molar-refractivity contribution is 5.05. The van der Waals surface area contributed by atoms with Gasteiger partial charge in [0.1, 0.15) is 0 Å². The van der Waals surface area contributed by atoms with Crippen molar-refractivity contribution in [2.24, 2.45) is 7.05 Å². The summed E-state index contributed by atoms with van der Waals surface area (Å²) in [5, 5.41) is 17.8. The van der Waals surface area contributed by atoms with Gasteiger partial charge in [0.05, 0.1) is 11.3 Å². The number of aryl methyl sites for hydroxylation is 1. The molecule has 0 aliphatic heterocycles. The average Bonchev–Trinajstić information content (AvgIpc) is 2.85. The second-order valence-electron chi connectivity index (χ2n) is 4.91. The summed E-state index contributed by atoms with van der Waals surface area (Å²) >= 11 is 0. The van der Waals surface area contributed by atoms with Gasteiger partial charge in [-0.15, -0.1) is 0 Å². The van der Waals surface area contributed by atoms with E-state index in [0.29, 0.717) is 6.54 Å². The van der Waals surface area contributed by atoms with Crippen LogP contribution in [0.4, 0.5) is 0 Å². The van der Waals surface area contributed by atoms with Crippen LogP contribution in [0.15, 0.2) is 12.3 Å². The zero-order valence-electron chi connectivity index (χ0n) is 10.1. The molecule has 1 atom stereocenters. The SMILES string of the molecule is CC(NCC1(O)CCCC1)c1ccnn1C. The summed E-state index contributed by atoms with van der Waals surface area (Å²) < 4.78 is 1.87. The first-order valence-corrected chi connectivity index (χ1v) is 6.04. The third kappa shape index (κ3) is 2.44. The standard InChI is InChI=1S/C12H21N3O/c1-10(11-5-8-14-15(11)2)13-9-12(16)6-3-4-7-12/h5,8,10,13,16H,3-4,6-7,9H2,1-2H3. The fraction of sp³-hybridized carbons (Fsp3) is 0.750. The van der Waals surface area contributed by atoms with E-state index in [2.05, 4.69) is 17.3 Å². The van der Waals surface area contributed by atoms with Crippen molar-refractivity contribution in [3.63, 3.8) is 0 Å². The summed E-state index contributed by atoms with van der Waals surface area (Å²) in [6.45, 7) is 2.79. The number of aliphatic hydroxyl groups is 1. The second-order valence-corrected chi connectivity index (χ2v) is 4.91. The van der Waals surface area contributed by atoms with Crippen molar-refractivity contribution < 1.29 is 5.11 Å². The Morgan fingerprint density at radius 3 is 2.81 bits per heavy atom. The molecule has 0 spiro atoms. The van der Waals surface area contributed by atoms with Crippen LogP contribution in [0.5, 0.6) is 0 Å².